The molecule has 1 amide bonds. The second kappa shape index (κ2) is 6.51. The number of amides is 1. The maximum Gasteiger partial charge on any atom is 0.269 e. The van der Waals surface area contributed by atoms with Gasteiger partial charge in [0.15, 0.2) is 0 Å². The Morgan fingerprint density at radius 2 is 2.30 bits per heavy atom. The number of imidazole rings is 1. The number of nitrogens with zero attached hydrogens (tertiary/aromatic N) is 4. The normalized spacial score (nSPS) is 21.9. The van der Waals surface area contributed by atoms with E-state index in [0.29, 0.717) is 31.4 Å². The topological polar surface area (TPSA) is 99.1 Å². The summed E-state index contributed by atoms with van der Waals surface area (Å²) in [5.74, 6) is 0.713. The molecule has 2 aromatic heterocycles. The summed E-state index contributed by atoms with van der Waals surface area (Å²) in [5, 5.41) is 19.4. The Bertz CT molecular complexity index is 651. The van der Waals surface area contributed by atoms with Crippen molar-refractivity contribution in [2.45, 2.75) is 38.6 Å². The predicted molar refractivity (Wildman–Crippen MR) is 83.7 cm³/mol. The Labute approximate surface area is 134 Å². The van der Waals surface area contributed by atoms with Gasteiger partial charge in [0, 0.05) is 37.7 Å². The average molecular weight is 318 g/mol. The first-order valence-corrected chi connectivity index (χ1v) is 7.77. The summed E-state index contributed by atoms with van der Waals surface area (Å²) < 4.78 is 2.11. The number of β-amino-alcohol motifs (C(OH)–C–C–N with tert-alkyl or cyclic N) is 1. The van der Waals surface area contributed by atoms with Crippen LogP contribution in [0, 0.1) is 0 Å². The van der Waals surface area contributed by atoms with Crippen LogP contribution in [0.5, 0.6) is 0 Å². The molecule has 1 aliphatic rings. The van der Waals surface area contributed by atoms with Gasteiger partial charge in [-0.2, -0.15) is 5.10 Å². The Morgan fingerprint density at radius 3 is 3.00 bits per heavy atom. The van der Waals surface area contributed by atoms with Gasteiger partial charge >= 0.3 is 0 Å². The molecule has 3 rings (SSSR count). The number of aliphatic hydroxyl groups excluding tert-OH is 1. The summed E-state index contributed by atoms with van der Waals surface area (Å²) in [6.07, 6.45) is 4.69. The third kappa shape index (κ3) is 3.43. The monoisotopic (exact) mass is 318 g/mol. The standard InChI is InChI=1S/C15H22N6O2/c1-10(2)21-6-5-16-14(21)9-20-7-12(13(22)8-20)18-15(23)11-3-4-17-19-11/h3-6,10,12-13,22H,7-9H2,1-2H3,(H,17,19)(H,18,23)/t12-,13-/m1/s1. The third-order valence-corrected chi connectivity index (χ3v) is 4.10. The number of aliphatic hydroxyl groups is 1. The van der Waals surface area contributed by atoms with Gasteiger partial charge in [0.2, 0.25) is 0 Å². The summed E-state index contributed by atoms with van der Waals surface area (Å²) in [7, 11) is 0. The van der Waals surface area contributed by atoms with Crippen molar-refractivity contribution < 1.29 is 9.90 Å². The molecule has 0 bridgehead atoms. The number of rotatable bonds is 5. The lowest BCUT2D eigenvalue weighted by Gasteiger charge is -2.18. The fourth-order valence-corrected chi connectivity index (χ4v) is 2.90. The van der Waals surface area contributed by atoms with Crippen LogP contribution in [0.2, 0.25) is 0 Å². The molecule has 0 radical (unpaired) electrons. The van der Waals surface area contributed by atoms with Gasteiger partial charge in [0.25, 0.3) is 5.91 Å². The minimum Gasteiger partial charge on any atom is -0.390 e. The minimum absolute atomic E-state index is 0.253. The number of nitrogens with one attached hydrogen (secondary N) is 2. The minimum atomic E-state index is -0.593. The molecule has 3 N–H and O–H groups in total. The van der Waals surface area contributed by atoms with E-state index in [1.165, 1.54) is 6.20 Å². The number of aromatic nitrogens is 4. The zero-order chi connectivity index (χ0) is 16.4. The Balaban J connectivity index is 1.60. The molecule has 0 saturated carbocycles. The van der Waals surface area contributed by atoms with Crippen molar-refractivity contribution in [3.8, 4) is 0 Å². The van der Waals surface area contributed by atoms with Crippen molar-refractivity contribution in [3.05, 3.63) is 36.2 Å². The van der Waals surface area contributed by atoms with E-state index in [-0.39, 0.29) is 11.9 Å². The molecular weight excluding hydrogens is 296 g/mol. The highest BCUT2D eigenvalue weighted by atomic mass is 16.3. The molecule has 1 saturated heterocycles. The molecule has 2 atom stereocenters. The lowest BCUT2D eigenvalue weighted by atomic mass is 10.2. The van der Waals surface area contributed by atoms with Crippen LogP contribution in [-0.4, -0.2) is 60.9 Å². The van der Waals surface area contributed by atoms with E-state index in [1.54, 1.807) is 12.3 Å². The maximum atomic E-state index is 12.0. The second-order valence-corrected chi connectivity index (χ2v) is 6.16. The first-order chi connectivity index (χ1) is 11.0. The second-order valence-electron chi connectivity index (χ2n) is 6.16. The summed E-state index contributed by atoms with van der Waals surface area (Å²) in [5.41, 5.74) is 0.394. The first-order valence-electron chi connectivity index (χ1n) is 7.77. The van der Waals surface area contributed by atoms with Gasteiger partial charge in [-0.1, -0.05) is 0 Å². The number of hydrogen-bond donors (Lipinski definition) is 3. The van der Waals surface area contributed by atoms with E-state index in [2.05, 4.69) is 43.8 Å². The van der Waals surface area contributed by atoms with Crippen LogP contribution in [-0.2, 0) is 6.54 Å². The van der Waals surface area contributed by atoms with Crippen LogP contribution >= 0.6 is 0 Å². The number of likely N-dealkylation sites (tertiary alicyclic amines) is 1. The van der Waals surface area contributed by atoms with Crippen molar-refractivity contribution in [1.29, 1.82) is 0 Å². The zero-order valence-corrected chi connectivity index (χ0v) is 13.3. The molecule has 2 aromatic rings. The van der Waals surface area contributed by atoms with E-state index in [0.717, 1.165) is 5.82 Å². The predicted octanol–water partition coefficient (Wildman–Crippen LogP) is 0.162. The van der Waals surface area contributed by atoms with E-state index in [4.69, 9.17) is 0 Å². The van der Waals surface area contributed by atoms with Crippen molar-refractivity contribution in [2.75, 3.05) is 13.1 Å². The highest BCUT2D eigenvalue weighted by molar-refractivity contribution is 5.92. The summed E-state index contributed by atoms with van der Waals surface area (Å²) in [4.78, 5) is 18.5. The van der Waals surface area contributed by atoms with Gasteiger partial charge in [0.05, 0.1) is 18.7 Å². The van der Waals surface area contributed by atoms with Gasteiger partial charge in [-0.05, 0) is 19.9 Å². The molecule has 3 heterocycles. The molecule has 1 fully saturated rings. The first kappa shape index (κ1) is 15.7. The van der Waals surface area contributed by atoms with Crippen LogP contribution < -0.4 is 5.32 Å². The fraction of sp³-hybridized carbons (Fsp3) is 0.533. The lowest BCUT2D eigenvalue weighted by Crippen LogP contribution is -2.43. The van der Waals surface area contributed by atoms with E-state index in [1.807, 2.05) is 6.20 Å². The Morgan fingerprint density at radius 1 is 1.48 bits per heavy atom. The van der Waals surface area contributed by atoms with E-state index < -0.39 is 6.10 Å². The van der Waals surface area contributed by atoms with Crippen LogP contribution in [0.1, 0.15) is 36.2 Å². The Hall–Kier alpha value is -2.19. The number of carbonyl (C=O) groups excluding carboxylic acids is 1. The highest BCUT2D eigenvalue weighted by Crippen LogP contribution is 2.16. The number of aromatic amines is 1. The number of carbonyl (C=O) groups is 1. The lowest BCUT2D eigenvalue weighted by molar-refractivity contribution is 0.0883. The average Bonchev–Trinajstić information content (AvgIpc) is 3.21. The van der Waals surface area contributed by atoms with Crippen LogP contribution in [0.3, 0.4) is 0 Å². The molecule has 0 unspecified atom stereocenters. The fourth-order valence-electron chi connectivity index (χ4n) is 2.90. The smallest absolute Gasteiger partial charge is 0.269 e. The molecule has 8 nitrogen and oxygen atoms in total. The van der Waals surface area contributed by atoms with Crippen molar-refractivity contribution in [2.24, 2.45) is 0 Å². The summed E-state index contributed by atoms with van der Waals surface area (Å²) >= 11 is 0. The van der Waals surface area contributed by atoms with Gasteiger partial charge < -0.3 is 15.0 Å². The van der Waals surface area contributed by atoms with Crippen molar-refractivity contribution in [1.82, 2.24) is 30.0 Å². The molecule has 0 spiro atoms. The van der Waals surface area contributed by atoms with Gasteiger partial charge in [0.1, 0.15) is 11.5 Å². The number of H-pyrrole nitrogens is 1. The molecule has 23 heavy (non-hydrogen) atoms. The van der Waals surface area contributed by atoms with Crippen LogP contribution in [0.25, 0.3) is 0 Å². The SMILES string of the molecule is CC(C)n1ccnc1CN1C[C@@H](O)[C@H](NC(=O)c2ccn[nH]2)C1. The van der Waals surface area contributed by atoms with Crippen LogP contribution in [0.4, 0.5) is 0 Å². The quantitative estimate of drug-likeness (QED) is 0.729. The molecule has 124 valence electrons. The van der Waals surface area contributed by atoms with Crippen LogP contribution in [0.15, 0.2) is 24.7 Å². The molecule has 1 aliphatic heterocycles. The molecular formula is C15H22N6O2. The summed E-state index contributed by atoms with van der Waals surface area (Å²) in [6.45, 7) is 5.97. The maximum absolute atomic E-state index is 12.0. The highest BCUT2D eigenvalue weighted by Gasteiger charge is 2.33. The molecule has 0 aromatic carbocycles. The van der Waals surface area contributed by atoms with Gasteiger partial charge in [-0.15, -0.1) is 0 Å². The van der Waals surface area contributed by atoms with Crippen molar-refractivity contribution in [3.63, 3.8) is 0 Å². The van der Waals surface area contributed by atoms with Crippen molar-refractivity contribution >= 4 is 5.91 Å². The van der Waals surface area contributed by atoms with E-state index >= 15 is 0 Å². The van der Waals surface area contributed by atoms with Gasteiger partial charge in [-0.3, -0.25) is 14.8 Å². The largest absolute Gasteiger partial charge is 0.390 e. The Kier molecular flexibility index (Phi) is 4.44. The third-order valence-electron chi connectivity index (χ3n) is 4.10. The zero-order valence-electron chi connectivity index (χ0n) is 13.3. The molecule has 0 aliphatic carbocycles. The van der Waals surface area contributed by atoms with Gasteiger partial charge in [-0.25, -0.2) is 4.98 Å². The summed E-state index contributed by atoms with van der Waals surface area (Å²) in [6, 6.07) is 1.65. The molecule has 8 heteroatoms. The van der Waals surface area contributed by atoms with E-state index in [9.17, 15) is 9.90 Å². The number of hydrogen-bond acceptors (Lipinski definition) is 5.